The molecule has 0 aliphatic carbocycles. The van der Waals surface area contributed by atoms with Crippen molar-refractivity contribution in [2.24, 2.45) is 0 Å². The van der Waals surface area contributed by atoms with Crippen molar-refractivity contribution >= 4 is 23.9 Å². The largest absolute Gasteiger partial charge is 0.462 e. The highest BCUT2D eigenvalue weighted by molar-refractivity contribution is 5.87. The molecule has 8 nitrogen and oxygen atoms in total. The lowest BCUT2D eigenvalue weighted by atomic mass is 10.2. The first kappa shape index (κ1) is 31.0. The number of hydrogen-bond acceptors (Lipinski definition) is 8. The lowest BCUT2D eigenvalue weighted by molar-refractivity contribution is -0.147. The smallest absolute Gasteiger partial charge is 0.333 e. The van der Waals surface area contributed by atoms with Crippen LogP contribution in [0.3, 0.4) is 0 Å². The summed E-state index contributed by atoms with van der Waals surface area (Å²) in [6.45, 7) is 20.9. The van der Waals surface area contributed by atoms with E-state index in [4.69, 9.17) is 18.9 Å². The maximum atomic E-state index is 11.3. The summed E-state index contributed by atoms with van der Waals surface area (Å²) in [6, 6.07) is 0. The number of esters is 4. The quantitative estimate of drug-likeness (QED) is 0.221. The van der Waals surface area contributed by atoms with Gasteiger partial charge >= 0.3 is 23.9 Å². The van der Waals surface area contributed by atoms with Crippen LogP contribution in [0.15, 0.2) is 49.6 Å². The normalized spacial score (nSPS) is 11.4. The molecule has 32 heavy (non-hydrogen) atoms. The van der Waals surface area contributed by atoms with Gasteiger partial charge in [0.15, 0.2) is 0 Å². The van der Waals surface area contributed by atoms with E-state index in [-0.39, 0.29) is 25.4 Å². The summed E-state index contributed by atoms with van der Waals surface area (Å²) >= 11 is 0. The third-order valence-corrected chi connectivity index (χ3v) is 3.85. The van der Waals surface area contributed by atoms with Crippen molar-refractivity contribution in [2.75, 3.05) is 13.2 Å². The van der Waals surface area contributed by atoms with Gasteiger partial charge in [0.1, 0.15) is 12.2 Å². The molecule has 0 N–H and O–H groups in total. The average Bonchev–Trinajstić information content (AvgIpc) is 2.77. The number of rotatable bonds is 14. The minimum absolute atomic E-state index is 0.216. The van der Waals surface area contributed by atoms with Crippen LogP contribution >= 0.6 is 0 Å². The Bertz CT molecular complexity index is 677. The molecule has 0 saturated heterocycles. The van der Waals surface area contributed by atoms with E-state index in [1.807, 2.05) is 13.8 Å². The molecule has 0 aromatic heterocycles. The summed E-state index contributed by atoms with van der Waals surface area (Å²) in [7, 11) is 0. The average molecular weight is 453 g/mol. The topological polar surface area (TPSA) is 105 Å². The first-order chi connectivity index (χ1) is 15.0. The summed E-state index contributed by atoms with van der Waals surface area (Å²) in [5, 5.41) is 0. The molecule has 0 bridgehead atoms. The Morgan fingerprint density at radius 1 is 0.719 bits per heavy atom. The van der Waals surface area contributed by atoms with Gasteiger partial charge in [-0.25, -0.2) is 19.2 Å². The standard InChI is InChI=1S/C13H20O4.C11H16O4/c1-6-11(17-13(15)10(4)5)7-8-16-12(14)9(2)3;1-4-9(15-11(13)6-3)7-8-14-10(12)5-2/h11H,2,4,6-8H2,1,3,5H3;5-6,9H,2-4,7-8H2,1H3. The molecule has 0 spiro atoms. The molecule has 0 aromatic carbocycles. The van der Waals surface area contributed by atoms with E-state index >= 15 is 0 Å². The fraction of sp³-hybridized carbons (Fsp3) is 0.500. The van der Waals surface area contributed by atoms with E-state index in [1.165, 1.54) is 0 Å². The van der Waals surface area contributed by atoms with E-state index in [1.54, 1.807) is 13.8 Å². The molecular formula is C24H36O8. The van der Waals surface area contributed by atoms with Crippen LogP contribution in [0.25, 0.3) is 0 Å². The SMILES string of the molecule is C=C(C)C(=O)OCCC(CC)OC(=O)C(=C)C.C=CC(=O)OCCC(CC)OC(=O)C=C. The third kappa shape index (κ3) is 16.6. The summed E-state index contributed by atoms with van der Waals surface area (Å²) in [5.74, 6) is -1.77. The molecule has 0 heterocycles. The van der Waals surface area contributed by atoms with E-state index in [9.17, 15) is 19.2 Å². The Morgan fingerprint density at radius 3 is 1.56 bits per heavy atom. The summed E-state index contributed by atoms with van der Waals surface area (Å²) in [4.78, 5) is 43.9. The van der Waals surface area contributed by atoms with Gasteiger partial charge in [0.25, 0.3) is 0 Å². The first-order valence-electron chi connectivity index (χ1n) is 10.3. The fourth-order valence-electron chi connectivity index (χ4n) is 1.91. The molecule has 0 amide bonds. The van der Waals surface area contributed by atoms with Crippen molar-refractivity contribution in [2.45, 2.75) is 65.6 Å². The Balaban J connectivity index is 0. The minimum atomic E-state index is -0.472. The molecular weight excluding hydrogens is 416 g/mol. The van der Waals surface area contributed by atoms with Crippen LogP contribution in [-0.2, 0) is 38.1 Å². The Hall–Kier alpha value is -3.16. The van der Waals surface area contributed by atoms with Crippen LogP contribution in [0, 0.1) is 0 Å². The molecule has 0 aliphatic rings. The van der Waals surface area contributed by atoms with Crippen LogP contribution in [0.4, 0.5) is 0 Å². The van der Waals surface area contributed by atoms with Crippen molar-refractivity contribution < 1.29 is 38.1 Å². The first-order valence-corrected chi connectivity index (χ1v) is 10.3. The van der Waals surface area contributed by atoms with Gasteiger partial charge in [-0.1, -0.05) is 40.2 Å². The van der Waals surface area contributed by atoms with E-state index in [0.717, 1.165) is 12.2 Å². The predicted molar refractivity (Wildman–Crippen MR) is 122 cm³/mol. The van der Waals surface area contributed by atoms with Crippen molar-refractivity contribution in [3.63, 3.8) is 0 Å². The maximum Gasteiger partial charge on any atom is 0.333 e. The van der Waals surface area contributed by atoms with Gasteiger partial charge in [-0.15, -0.1) is 0 Å². The molecule has 0 aliphatic heterocycles. The molecule has 0 rings (SSSR count). The van der Waals surface area contributed by atoms with E-state index < -0.39 is 23.9 Å². The van der Waals surface area contributed by atoms with Gasteiger partial charge in [-0.2, -0.15) is 0 Å². The monoisotopic (exact) mass is 452 g/mol. The maximum absolute atomic E-state index is 11.3. The zero-order valence-electron chi connectivity index (χ0n) is 19.6. The van der Waals surface area contributed by atoms with Crippen LogP contribution in [-0.4, -0.2) is 49.3 Å². The van der Waals surface area contributed by atoms with Gasteiger partial charge in [0.2, 0.25) is 0 Å². The fourth-order valence-corrected chi connectivity index (χ4v) is 1.91. The van der Waals surface area contributed by atoms with Crippen molar-refractivity contribution in [3.05, 3.63) is 49.6 Å². The lowest BCUT2D eigenvalue weighted by Crippen LogP contribution is -2.20. The zero-order valence-corrected chi connectivity index (χ0v) is 19.6. The lowest BCUT2D eigenvalue weighted by Gasteiger charge is -2.16. The molecule has 0 saturated carbocycles. The molecule has 2 atom stereocenters. The molecule has 0 radical (unpaired) electrons. The van der Waals surface area contributed by atoms with Crippen LogP contribution in [0.2, 0.25) is 0 Å². The van der Waals surface area contributed by atoms with Crippen LogP contribution < -0.4 is 0 Å². The van der Waals surface area contributed by atoms with Crippen molar-refractivity contribution in [1.82, 2.24) is 0 Å². The minimum Gasteiger partial charge on any atom is -0.462 e. The highest BCUT2D eigenvalue weighted by Gasteiger charge is 2.14. The summed E-state index contributed by atoms with van der Waals surface area (Å²) in [6.07, 6.45) is 4.01. The van der Waals surface area contributed by atoms with Crippen LogP contribution in [0.5, 0.6) is 0 Å². The van der Waals surface area contributed by atoms with Gasteiger partial charge in [0.05, 0.1) is 13.2 Å². The van der Waals surface area contributed by atoms with Crippen molar-refractivity contribution in [3.8, 4) is 0 Å². The Kier molecular flexibility index (Phi) is 18.0. The van der Waals surface area contributed by atoms with E-state index in [0.29, 0.717) is 36.8 Å². The molecule has 180 valence electrons. The number of carbonyl (C=O) groups is 4. The second-order valence-corrected chi connectivity index (χ2v) is 6.75. The zero-order chi connectivity index (χ0) is 25.1. The Labute approximate surface area is 190 Å². The highest BCUT2D eigenvalue weighted by atomic mass is 16.6. The van der Waals surface area contributed by atoms with Crippen molar-refractivity contribution in [1.29, 1.82) is 0 Å². The second-order valence-electron chi connectivity index (χ2n) is 6.75. The second kappa shape index (κ2) is 18.6. The molecule has 0 aromatic rings. The summed E-state index contributed by atoms with van der Waals surface area (Å²) < 4.78 is 19.8. The van der Waals surface area contributed by atoms with Gasteiger partial charge < -0.3 is 18.9 Å². The molecule has 0 fully saturated rings. The van der Waals surface area contributed by atoms with Gasteiger partial charge in [-0.3, -0.25) is 0 Å². The van der Waals surface area contributed by atoms with Crippen LogP contribution in [0.1, 0.15) is 53.4 Å². The van der Waals surface area contributed by atoms with E-state index in [2.05, 4.69) is 26.3 Å². The predicted octanol–water partition coefficient (Wildman–Crippen LogP) is 4.01. The number of hydrogen-bond donors (Lipinski definition) is 0. The number of carbonyl (C=O) groups excluding carboxylic acids is 4. The highest BCUT2D eigenvalue weighted by Crippen LogP contribution is 2.08. The molecule has 8 heteroatoms. The third-order valence-electron chi connectivity index (χ3n) is 3.85. The molecule has 2 unspecified atom stereocenters. The Morgan fingerprint density at radius 2 is 1.16 bits per heavy atom. The number of ether oxygens (including phenoxy) is 4. The van der Waals surface area contributed by atoms with Gasteiger partial charge in [-0.05, 0) is 26.7 Å². The van der Waals surface area contributed by atoms with Gasteiger partial charge in [0, 0.05) is 36.1 Å². The summed E-state index contributed by atoms with van der Waals surface area (Å²) in [5.41, 5.74) is 0.722.